The molecule has 0 fully saturated rings. The lowest BCUT2D eigenvalue weighted by atomic mass is 9.97. The van der Waals surface area contributed by atoms with Crippen molar-refractivity contribution in [2.45, 2.75) is 19.9 Å². The van der Waals surface area contributed by atoms with Crippen LogP contribution in [0.2, 0.25) is 0 Å². The van der Waals surface area contributed by atoms with Gasteiger partial charge >= 0.3 is 0 Å². The lowest BCUT2D eigenvalue weighted by molar-refractivity contribution is -0.384. The van der Waals surface area contributed by atoms with Gasteiger partial charge in [-0.05, 0) is 36.1 Å². The minimum absolute atomic E-state index is 0.127. The molecule has 108 valence electrons. The zero-order valence-corrected chi connectivity index (χ0v) is 11.9. The molecule has 0 bridgehead atoms. The van der Waals surface area contributed by atoms with Gasteiger partial charge in [0.1, 0.15) is 0 Å². The highest BCUT2D eigenvalue weighted by Crippen LogP contribution is 2.31. The van der Waals surface area contributed by atoms with Crippen molar-refractivity contribution in [2.24, 2.45) is 0 Å². The second-order valence-electron chi connectivity index (χ2n) is 5.38. The van der Waals surface area contributed by atoms with Gasteiger partial charge in [-0.15, -0.1) is 0 Å². The summed E-state index contributed by atoms with van der Waals surface area (Å²) in [6.45, 7) is 3.52. The van der Waals surface area contributed by atoms with Crippen LogP contribution in [-0.4, -0.2) is 11.5 Å². The Labute approximate surface area is 123 Å². The summed E-state index contributed by atoms with van der Waals surface area (Å²) >= 11 is 0. The van der Waals surface area contributed by atoms with Crippen molar-refractivity contribution in [1.29, 1.82) is 0 Å². The van der Waals surface area contributed by atoms with Crippen LogP contribution in [0.25, 0.3) is 0 Å². The predicted octanol–water partition coefficient (Wildman–Crippen LogP) is 3.05. The van der Waals surface area contributed by atoms with Crippen molar-refractivity contribution in [3.63, 3.8) is 0 Å². The Kier molecular flexibility index (Phi) is 3.25. The van der Waals surface area contributed by atoms with Crippen molar-refractivity contribution < 1.29 is 4.92 Å². The largest absolute Gasteiger partial charge is 0.398 e. The zero-order chi connectivity index (χ0) is 15.0. The number of nitrogen functional groups attached to an aromatic ring is 1. The number of nitrogens with two attached hydrogens (primary N) is 1. The van der Waals surface area contributed by atoms with Crippen molar-refractivity contribution in [2.75, 3.05) is 17.2 Å². The second-order valence-corrected chi connectivity index (χ2v) is 5.38. The van der Waals surface area contributed by atoms with Gasteiger partial charge in [0.25, 0.3) is 5.69 Å². The average molecular weight is 283 g/mol. The molecule has 0 amide bonds. The van der Waals surface area contributed by atoms with Gasteiger partial charge in [-0.25, -0.2) is 0 Å². The first kappa shape index (κ1) is 13.4. The molecule has 0 saturated heterocycles. The van der Waals surface area contributed by atoms with E-state index in [0.717, 1.165) is 35.5 Å². The number of nitro benzene ring substituents is 1. The average Bonchev–Trinajstić information content (AvgIpc) is 2.48. The van der Waals surface area contributed by atoms with Crippen LogP contribution < -0.4 is 10.6 Å². The van der Waals surface area contributed by atoms with Gasteiger partial charge < -0.3 is 10.6 Å². The molecule has 1 aliphatic rings. The molecule has 2 aromatic rings. The first-order valence-corrected chi connectivity index (χ1v) is 6.92. The molecule has 0 radical (unpaired) electrons. The van der Waals surface area contributed by atoms with Crippen LogP contribution in [0.1, 0.15) is 16.7 Å². The molecule has 3 rings (SSSR count). The third kappa shape index (κ3) is 2.42. The topological polar surface area (TPSA) is 72.4 Å². The highest BCUT2D eigenvalue weighted by atomic mass is 16.6. The third-order valence-corrected chi connectivity index (χ3v) is 4.05. The minimum atomic E-state index is -0.352. The maximum absolute atomic E-state index is 11.0. The van der Waals surface area contributed by atoms with Crippen molar-refractivity contribution >= 4 is 17.1 Å². The molecule has 5 heteroatoms. The molecule has 0 saturated carbocycles. The number of nitro groups is 1. The summed E-state index contributed by atoms with van der Waals surface area (Å²) in [5.41, 5.74) is 11.3. The molecule has 0 unspecified atom stereocenters. The van der Waals surface area contributed by atoms with Crippen LogP contribution in [0.15, 0.2) is 36.4 Å². The van der Waals surface area contributed by atoms with E-state index in [1.807, 2.05) is 19.1 Å². The minimum Gasteiger partial charge on any atom is -0.398 e. The molecule has 0 atom stereocenters. The van der Waals surface area contributed by atoms with E-state index in [2.05, 4.69) is 11.0 Å². The van der Waals surface area contributed by atoms with Gasteiger partial charge in [0.2, 0.25) is 0 Å². The summed E-state index contributed by atoms with van der Waals surface area (Å²) in [4.78, 5) is 12.8. The summed E-state index contributed by atoms with van der Waals surface area (Å²) in [5, 5.41) is 11.0. The van der Waals surface area contributed by atoms with Crippen molar-refractivity contribution in [3.05, 3.63) is 63.2 Å². The van der Waals surface area contributed by atoms with Crippen LogP contribution in [0.3, 0.4) is 0 Å². The maximum atomic E-state index is 11.0. The molecule has 5 nitrogen and oxygen atoms in total. The predicted molar refractivity (Wildman–Crippen MR) is 83.4 cm³/mol. The number of hydrogen-bond acceptors (Lipinski definition) is 4. The molecule has 21 heavy (non-hydrogen) atoms. The van der Waals surface area contributed by atoms with Crippen LogP contribution in [0.4, 0.5) is 17.1 Å². The normalized spacial score (nSPS) is 13.9. The number of benzene rings is 2. The smallest absolute Gasteiger partial charge is 0.271 e. The Bertz CT molecular complexity index is 713. The van der Waals surface area contributed by atoms with E-state index in [1.165, 1.54) is 5.56 Å². The van der Waals surface area contributed by atoms with Gasteiger partial charge in [0, 0.05) is 36.6 Å². The standard InChI is InChI=1S/C16H17N3O2/c1-11-5-6-13(19(20)21)9-16(11)18-8-7-12-3-2-4-15(17)14(12)10-18/h2-6,9H,7-8,10,17H2,1H3. The van der Waals surface area contributed by atoms with E-state index < -0.39 is 0 Å². The Morgan fingerprint density at radius 2 is 2.10 bits per heavy atom. The fraction of sp³-hybridized carbons (Fsp3) is 0.250. The quantitative estimate of drug-likeness (QED) is 0.522. The first-order valence-electron chi connectivity index (χ1n) is 6.92. The Morgan fingerprint density at radius 1 is 1.29 bits per heavy atom. The van der Waals surface area contributed by atoms with E-state index in [1.54, 1.807) is 18.2 Å². The molecule has 1 heterocycles. The first-order chi connectivity index (χ1) is 10.1. The van der Waals surface area contributed by atoms with E-state index in [9.17, 15) is 10.1 Å². The number of aryl methyl sites for hydroxylation is 1. The number of fused-ring (bicyclic) bond motifs is 1. The number of anilines is 2. The Morgan fingerprint density at radius 3 is 2.86 bits per heavy atom. The molecule has 1 aliphatic heterocycles. The van der Waals surface area contributed by atoms with Crippen LogP contribution >= 0.6 is 0 Å². The highest BCUT2D eigenvalue weighted by molar-refractivity contribution is 5.62. The van der Waals surface area contributed by atoms with E-state index in [-0.39, 0.29) is 10.6 Å². The summed E-state index contributed by atoms with van der Waals surface area (Å²) in [6.07, 6.45) is 0.905. The number of nitrogens with zero attached hydrogens (tertiary/aromatic N) is 2. The van der Waals surface area contributed by atoms with Crippen LogP contribution in [-0.2, 0) is 13.0 Å². The molecular weight excluding hydrogens is 266 g/mol. The second kappa shape index (κ2) is 5.09. The Balaban J connectivity index is 1.98. The van der Waals surface area contributed by atoms with E-state index in [4.69, 9.17) is 5.73 Å². The lowest BCUT2D eigenvalue weighted by Gasteiger charge is -2.32. The van der Waals surface area contributed by atoms with Crippen LogP contribution in [0.5, 0.6) is 0 Å². The van der Waals surface area contributed by atoms with Crippen molar-refractivity contribution in [1.82, 2.24) is 0 Å². The molecule has 2 N–H and O–H groups in total. The summed E-state index contributed by atoms with van der Waals surface area (Å²) in [5.74, 6) is 0. The molecular formula is C16H17N3O2. The zero-order valence-electron chi connectivity index (χ0n) is 11.9. The van der Waals surface area contributed by atoms with Gasteiger partial charge in [0.05, 0.1) is 4.92 Å². The number of rotatable bonds is 2. The summed E-state index contributed by atoms with van der Waals surface area (Å²) in [6, 6.07) is 11.0. The number of non-ortho nitro benzene ring substituents is 1. The van der Waals surface area contributed by atoms with Crippen molar-refractivity contribution in [3.8, 4) is 0 Å². The molecule has 0 aromatic heterocycles. The third-order valence-electron chi connectivity index (χ3n) is 4.05. The summed E-state index contributed by atoms with van der Waals surface area (Å²) < 4.78 is 0. The van der Waals surface area contributed by atoms with Crippen LogP contribution in [0, 0.1) is 17.0 Å². The Hall–Kier alpha value is -2.56. The highest BCUT2D eigenvalue weighted by Gasteiger charge is 2.21. The van der Waals surface area contributed by atoms with Gasteiger partial charge in [-0.1, -0.05) is 18.2 Å². The van der Waals surface area contributed by atoms with Gasteiger partial charge in [-0.2, -0.15) is 0 Å². The molecule has 0 aliphatic carbocycles. The molecule has 2 aromatic carbocycles. The fourth-order valence-electron chi connectivity index (χ4n) is 2.86. The monoisotopic (exact) mass is 283 g/mol. The number of hydrogen-bond donors (Lipinski definition) is 1. The van der Waals surface area contributed by atoms with E-state index >= 15 is 0 Å². The fourth-order valence-corrected chi connectivity index (χ4v) is 2.86. The van der Waals surface area contributed by atoms with E-state index in [0.29, 0.717) is 6.54 Å². The van der Waals surface area contributed by atoms with Gasteiger partial charge in [0.15, 0.2) is 0 Å². The summed E-state index contributed by atoms with van der Waals surface area (Å²) in [7, 11) is 0. The maximum Gasteiger partial charge on any atom is 0.271 e. The SMILES string of the molecule is Cc1ccc([N+](=O)[O-])cc1N1CCc2cccc(N)c2C1. The molecule has 0 spiro atoms. The van der Waals surface area contributed by atoms with Gasteiger partial charge in [-0.3, -0.25) is 10.1 Å². The lowest BCUT2D eigenvalue weighted by Crippen LogP contribution is -2.31.